The summed E-state index contributed by atoms with van der Waals surface area (Å²) >= 11 is 0. The lowest BCUT2D eigenvalue weighted by atomic mass is 10.2. The van der Waals surface area contributed by atoms with Crippen LogP contribution in [-0.2, 0) is 9.84 Å². The van der Waals surface area contributed by atoms with Gasteiger partial charge in [-0.3, -0.25) is 9.89 Å². The summed E-state index contributed by atoms with van der Waals surface area (Å²) in [6.07, 6.45) is 1.67. The monoisotopic (exact) mass is 551 g/mol. The van der Waals surface area contributed by atoms with Crippen molar-refractivity contribution in [3.05, 3.63) is 24.3 Å². The summed E-state index contributed by atoms with van der Waals surface area (Å²) in [6.45, 7) is 6.02. The first-order chi connectivity index (χ1) is 14.0. The second kappa shape index (κ2) is 11.9. The number of nitrogens with zero attached hydrogens (tertiary/aromatic N) is 3. The van der Waals surface area contributed by atoms with Gasteiger partial charge in [-0.05, 0) is 43.7 Å². The summed E-state index contributed by atoms with van der Waals surface area (Å²) in [5, 5.41) is 6.53. The maximum absolute atomic E-state index is 11.6. The fraction of sp³-hybridized carbons (Fsp3) is 0.650. The molecule has 10 heteroatoms. The minimum Gasteiger partial charge on any atom is -0.497 e. The van der Waals surface area contributed by atoms with Crippen molar-refractivity contribution in [1.29, 1.82) is 0 Å². The lowest BCUT2D eigenvalue weighted by Crippen LogP contribution is -2.47. The molecule has 2 saturated heterocycles. The van der Waals surface area contributed by atoms with Crippen LogP contribution in [-0.4, -0.2) is 90.3 Å². The summed E-state index contributed by atoms with van der Waals surface area (Å²) in [6, 6.07) is 8.22. The topological polar surface area (TPSA) is 86.3 Å². The van der Waals surface area contributed by atoms with E-state index < -0.39 is 9.84 Å². The average molecular weight is 551 g/mol. The van der Waals surface area contributed by atoms with Crippen LogP contribution in [0.15, 0.2) is 29.3 Å². The zero-order chi connectivity index (χ0) is 20.7. The largest absolute Gasteiger partial charge is 0.497 e. The number of hydrogen-bond donors (Lipinski definition) is 2. The Morgan fingerprint density at radius 2 is 1.90 bits per heavy atom. The van der Waals surface area contributed by atoms with Crippen molar-refractivity contribution in [2.45, 2.75) is 18.9 Å². The van der Waals surface area contributed by atoms with Gasteiger partial charge in [0.2, 0.25) is 0 Å². The first kappa shape index (κ1) is 25.0. The third kappa shape index (κ3) is 7.45. The summed E-state index contributed by atoms with van der Waals surface area (Å²) in [7, 11) is 0.528. The van der Waals surface area contributed by atoms with Crippen molar-refractivity contribution in [3.8, 4) is 5.75 Å². The van der Waals surface area contributed by atoms with Crippen LogP contribution in [0.3, 0.4) is 0 Å². The zero-order valence-corrected chi connectivity index (χ0v) is 21.0. The third-order valence-corrected chi connectivity index (χ3v) is 7.32. The zero-order valence-electron chi connectivity index (χ0n) is 17.8. The van der Waals surface area contributed by atoms with Gasteiger partial charge < -0.3 is 20.3 Å². The molecule has 2 aliphatic rings. The number of piperazine rings is 1. The van der Waals surface area contributed by atoms with Gasteiger partial charge >= 0.3 is 0 Å². The van der Waals surface area contributed by atoms with Crippen LogP contribution in [0.4, 0.5) is 5.69 Å². The second-order valence-electron chi connectivity index (χ2n) is 7.62. The molecule has 0 saturated carbocycles. The van der Waals surface area contributed by atoms with Crippen LogP contribution >= 0.6 is 24.0 Å². The normalized spacial score (nSPS) is 21.7. The molecule has 2 heterocycles. The minimum absolute atomic E-state index is 0. The molecule has 1 atom stereocenters. The highest BCUT2D eigenvalue weighted by molar-refractivity contribution is 14.0. The van der Waals surface area contributed by atoms with E-state index in [1.54, 1.807) is 14.2 Å². The molecule has 0 radical (unpaired) electrons. The van der Waals surface area contributed by atoms with Crippen molar-refractivity contribution < 1.29 is 13.2 Å². The van der Waals surface area contributed by atoms with E-state index in [9.17, 15) is 8.42 Å². The minimum atomic E-state index is -2.88. The fourth-order valence-corrected chi connectivity index (χ4v) is 5.50. The molecule has 2 N–H and O–H groups in total. The van der Waals surface area contributed by atoms with Crippen molar-refractivity contribution in [3.63, 3.8) is 0 Å². The quantitative estimate of drug-likeness (QED) is 0.228. The molecule has 0 amide bonds. The van der Waals surface area contributed by atoms with Gasteiger partial charge in [0.1, 0.15) is 5.75 Å². The Bertz CT molecular complexity index is 780. The Labute approximate surface area is 197 Å². The van der Waals surface area contributed by atoms with Gasteiger partial charge in [0.05, 0.1) is 18.6 Å². The predicted octanol–water partition coefficient (Wildman–Crippen LogP) is 1.18. The summed E-state index contributed by atoms with van der Waals surface area (Å²) in [5.74, 6) is 2.05. The van der Waals surface area contributed by atoms with E-state index in [4.69, 9.17) is 4.74 Å². The number of nitrogens with one attached hydrogen (secondary N) is 2. The first-order valence-corrected chi connectivity index (χ1v) is 12.1. The number of rotatable bonds is 7. The molecule has 3 rings (SSSR count). The Kier molecular flexibility index (Phi) is 9.95. The summed E-state index contributed by atoms with van der Waals surface area (Å²) < 4.78 is 28.4. The number of guanidine groups is 1. The van der Waals surface area contributed by atoms with Gasteiger partial charge in [-0.15, -0.1) is 24.0 Å². The van der Waals surface area contributed by atoms with Crippen LogP contribution in [0.1, 0.15) is 12.8 Å². The Morgan fingerprint density at radius 3 is 2.47 bits per heavy atom. The number of hydrogen-bond acceptors (Lipinski definition) is 6. The van der Waals surface area contributed by atoms with Crippen molar-refractivity contribution in [1.82, 2.24) is 15.5 Å². The van der Waals surface area contributed by atoms with Gasteiger partial charge in [0.15, 0.2) is 15.8 Å². The number of methoxy groups -OCH3 is 1. The van der Waals surface area contributed by atoms with E-state index in [0.717, 1.165) is 51.4 Å². The highest BCUT2D eigenvalue weighted by Crippen LogP contribution is 2.20. The summed E-state index contributed by atoms with van der Waals surface area (Å²) in [4.78, 5) is 9.11. The molecule has 30 heavy (non-hydrogen) atoms. The van der Waals surface area contributed by atoms with Crippen molar-refractivity contribution in [2.24, 2.45) is 4.99 Å². The van der Waals surface area contributed by atoms with Crippen molar-refractivity contribution >= 4 is 45.5 Å². The predicted molar refractivity (Wildman–Crippen MR) is 133 cm³/mol. The first-order valence-electron chi connectivity index (χ1n) is 10.3. The molecule has 1 aromatic carbocycles. The Balaban J connectivity index is 0.00000320. The van der Waals surface area contributed by atoms with Crippen LogP contribution in [0, 0.1) is 0 Å². The molecule has 0 aliphatic carbocycles. The molecule has 0 aromatic heterocycles. The number of anilines is 1. The number of aliphatic imine (C=N–C) groups is 1. The van der Waals surface area contributed by atoms with Crippen LogP contribution in [0.5, 0.6) is 5.75 Å². The van der Waals surface area contributed by atoms with Gasteiger partial charge in [0, 0.05) is 51.5 Å². The lowest BCUT2D eigenvalue weighted by Gasteiger charge is -2.36. The van der Waals surface area contributed by atoms with E-state index in [1.807, 2.05) is 12.1 Å². The standard InChI is InChI=1S/C20H33N5O3S.HI/c1-21-20(23-17-8-15-29(26,27)16-17)22-9-3-10-24-11-13-25(14-12-24)18-4-6-19(28-2)7-5-18;/h4-7,17H,3,8-16H2,1-2H3,(H2,21,22,23);1H. The molecular weight excluding hydrogens is 517 g/mol. The fourth-order valence-electron chi connectivity index (χ4n) is 3.83. The van der Waals surface area contributed by atoms with Gasteiger partial charge in [-0.1, -0.05) is 0 Å². The maximum Gasteiger partial charge on any atom is 0.191 e. The number of sulfone groups is 1. The highest BCUT2D eigenvalue weighted by atomic mass is 127. The third-order valence-electron chi connectivity index (χ3n) is 5.55. The number of halogens is 1. The molecule has 1 unspecified atom stereocenters. The number of ether oxygens (including phenoxy) is 1. The second-order valence-corrected chi connectivity index (χ2v) is 9.85. The smallest absolute Gasteiger partial charge is 0.191 e. The number of benzene rings is 1. The average Bonchev–Trinajstić information content (AvgIpc) is 3.09. The Morgan fingerprint density at radius 1 is 1.20 bits per heavy atom. The molecule has 1 aromatic rings. The van der Waals surface area contributed by atoms with Crippen LogP contribution in [0.25, 0.3) is 0 Å². The summed E-state index contributed by atoms with van der Waals surface area (Å²) in [5.41, 5.74) is 1.25. The van der Waals surface area contributed by atoms with Gasteiger partial charge in [0.25, 0.3) is 0 Å². The van der Waals surface area contributed by atoms with Gasteiger partial charge in [-0.2, -0.15) is 0 Å². The molecule has 0 bridgehead atoms. The maximum atomic E-state index is 11.6. The molecular formula is C20H34IN5O3S. The SMILES string of the molecule is CN=C(NCCCN1CCN(c2ccc(OC)cc2)CC1)NC1CCS(=O)(=O)C1.I. The van der Waals surface area contributed by atoms with E-state index in [-0.39, 0.29) is 41.5 Å². The molecule has 170 valence electrons. The molecule has 0 spiro atoms. The highest BCUT2D eigenvalue weighted by Gasteiger charge is 2.28. The van der Waals surface area contributed by atoms with Crippen LogP contribution < -0.4 is 20.3 Å². The van der Waals surface area contributed by atoms with E-state index in [2.05, 4.69) is 37.6 Å². The van der Waals surface area contributed by atoms with E-state index >= 15 is 0 Å². The lowest BCUT2D eigenvalue weighted by molar-refractivity contribution is 0.255. The van der Waals surface area contributed by atoms with Crippen molar-refractivity contribution in [2.75, 3.05) is 69.8 Å². The molecule has 2 aliphatic heterocycles. The molecule has 8 nitrogen and oxygen atoms in total. The van der Waals surface area contributed by atoms with E-state index in [1.165, 1.54) is 5.69 Å². The molecule has 2 fully saturated rings. The van der Waals surface area contributed by atoms with Crippen LogP contribution in [0.2, 0.25) is 0 Å². The van der Waals surface area contributed by atoms with E-state index in [0.29, 0.717) is 12.4 Å². The van der Waals surface area contributed by atoms with Gasteiger partial charge in [-0.25, -0.2) is 8.42 Å². The Hall–Kier alpha value is -1.27.